The summed E-state index contributed by atoms with van der Waals surface area (Å²) in [5.74, 6) is 0.793. The molecule has 0 spiro atoms. The van der Waals surface area contributed by atoms with Crippen molar-refractivity contribution in [2.75, 3.05) is 6.61 Å². The highest BCUT2D eigenvalue weighted by Crippen LogP contribution is 2.28. The molecule has 0 unspecified atom stereocenters. The van der Waals surface area contributed by atoms with Gasteiger partial charge in [0.1, 0.15) is 11.9 Å². The molecule has 0 aliphatic carbocycles. The number of amides is 1. The molecule has 0 radical (unpaired) electrons. The van der Waals surface area contributed by atoms with Crippen LogP contribution < -0.4 is 5.32 Å². The number of hydrogen-bond donors (Lipinski definition) is 2. The van der Waals surface area contributed by atoms with E-state index in [2.05, 4.69) is 26.8 Å². The van der Waals surface area contributed by atoms with Crippen LogP contribution in [0.4, 0.5) is 0 Å². The third-order valence-electron chi connectivity index (χ3n) is 4.57. The normalized spacial score (nSPS) is 20.5. The number of fused-ring (bicyclic) bond motifs is 1. The lowest BCUT2D eigenvalue weighted by Gasteiger charge is -2.20. The lowest BCUT2D eigenvalue weighted by atomic mass is 10.1. The van der Waals surface area contributed by atoms with Crippen molar-refractivity contribution < 1.29 is 9.53 Å². The van der Waals surface area contributed by atoms with E-state index >= 15 is 0 Å². The van der Waals surface area contributed by atoms with Gasteiger partial charge in [-0.3, -0.25) is 4.79 Å². The topological polar surface area (TPSA) is 71.9 Å². The van der Waals surface area contributed by atoms with Crippen molar-refractivity contribution in [3.63, 3.8) is 0 Å². The van der Waals surface area contributed by atoms with E-state index < -0.39 is 0 Å². The van der Waals surface area contributed by atoms with Crippen LogP contribution in [-0.2, 0) is 11.3 Å². The Morgan fingerprint density at radius 2 is 2.38 bits per heavy atom. The van der Waals surface area contributed by atoms with Gasteiger partial charge in [-0.2, -0.15) is 0 Å². The first-order valence-electron chi connectivity index (χ1n) is 8.27. The summed E-state index contributed by atoms with van der Waals surface area (Å²) in [5.41, 5.74) is 1.61. The second-order valence-electron chi connectivity index (χ2n) is 6.01. The van der Waals surface area contributed by atoms with Gasteiger partial charge in [-0.05, 0) is 36.9 Å². The van der Waals surface area contributed by atoms with Crippen molar-refractivity contribution in [1.82, 2.24) is 19.9 Å². The molecular formula is C18H20N4O2. The summed E-state index contributed by atoms with van der Waals surface area (Å²) < 4.78 is 7.90. The molecule has 6 heteroatoms. The lowest BCUT2D eigenvalue weighted by Crippen LogP contribution is -2.37. The van der Waals surface area contributed by atoms with Crippen LogP contribution in [0, 0.1) is 0 Å². The fourth-order valence-corrected chi connectivity index (χ4v) is 3.28. The lowest BCUT2D eigenvalue weighted by molar-refractivity contribution is 0.0775. The van der Waals surface area contributed by atoms with Crippen LogP contribution in [0.15, 0.2) is 42.9 Å². The first-order valence-corrected chi connectivity index (χ1v) is 8.27. The van der Waals surface area contributed by atoms with E-state index in [9.17, 15) is 4.79 Å². The maximum absolute atomic E-state index is 12.6. The number of nitrogens with one attached hydrogen (secondary N) is 2. The van der Waals surface area contributed by atoms with E-state index in [0.717, 1.165) is 29.7 Å². The number of ether oxygens (including phenoxy) is 1. The third-order valence-corrected chi connectivity index (χ3v) is 4.57. The fourth-order valence-electron chi connectivity index (χ4n) is 3.28. The van der Waals surface area contributed by atoms with Gasteiger partial charge < -0.3 is 19.6 Å². The Hall–Kier alpha value is -2.60. The number of carbonyl (C=O) groups excluding carboxylic acids is 1. The highest BCUT2D eigenvalue weighted by Gasteiger charge is 2.33. The molecule has 1 fully saturated rings. The minimum atomic E-state index is -0.196. The number of hydrogen-bond acceptors (Lipinski definition) is 3. The Bertz CT molecular complexity index is 867. The van der Waals surface area contributed by atoms with Gasteiger partial charge in [-0.15, -0.1) is 0 Å². The highest BCUT2D eigenvalue weighted by atomic mass is 16.5. The van der Waals surface area contributed by atoms with E-state index in [1.165, 1.54) is 0 Å². The molecule has 4 rings (SSSR count). The van der Waals surface area contributed by atoms with E-state index in [1.807, 2.05) is 36.7 Å². The van der Waals surface area contributed by atoms with Crippen LogP contribution in [0.5, 0.6) is 0 Å². The van der Waals surface area contributed by atoms with Gasteiger partial charge in [0.2, 0.25) is 0 Å². The minimum Gasteiger partial charge on any atom is -0.368 e. The van der Waals surface area contributed by atoms with Crippen LogP contribution in [-0.4, -0.2) is 33.1 Å². The quantitative estimate of drug-likeness (QED) is 0.775. The summed E-state index contributed by atoms with van der Waals surface area (Å²) in [6.07, 6.45) is 6.18. The van der Waals surface area contributed by atoms with E-state index in [0.29, 0.717) is 12.2 Å². The Kier molecular flexibility index (Phi) is 3.82. The highest BCUT2D eigenvalue weighted by molar-refractivity contribution is 5.98. The predicted molar refractivity (Wildman–Crippen MR) is 90.8 cm³/mol. The Morgan fingerprint density at radius 3 is 3.25 bits per heavy atom. The number of carbonyl (C=O) groups is 1. The van der Waals surface area contributed by atoms with Crippen molar-refractivity contribution in [1.29, 1.82) is 0 Å². The van der Waals surface area contributed by atoms with Crippen LogP contribution >= 0.6 is 0 Å². The molecule has 1 aliphatic rings. The van der Waals surface area contributed by atoms with Crippen molar-refractivity contribution in [2.24, 2.45) is 0 Å². The van der Waals surface area contributed by atoms with Crippen molar-refractivity contribution >= 4 is 16.8 Å². The molecular weight excluding hydrogens is 304 g/mol. The second kappa shape index (κ2) is 6.13. The molecule has 6 nitrogen and oxygen atoms in total. The van der Waals surface area contributed by atoms with Crippen LogP contribution in [0.2, 0.25) is 0 Å². The molecule has 2 aromatic heterocycles. The second-order valence-corrected chi connectivity index (χ2v) is 6.01. The molecule has 3 heterocycles. The molecule has 124 valence electrons. The summed E-state index contributed by atoms with van der Waals surface area (Å²) >= 11 is 0. The Labute approximate surface area is 139 Å². The van der Waals surface area contributed by atoms with Gasteiger partial charge >= 0.3 is 0 Å². The zero-order chi connectivity index (χ0) is 16.5. The van der Waals surface area contributed by atoms with Crippen LogP contribution in [0.1, 0.15) is 35.6 Å². The zero-order valence-electron chi connectivity index (χ0n) is 13.5. The molecule has 3 aromatic rings. The number of nitrogens with zero attached hydrogens (tertiary/aromatic N) is 2. The number of aryl methyl sites for hydroxylation is 1. The Morgan fingerprint density at radius 1 is 1.46 bits per heavy atom. The number of H-pyrrole nitrogens is 1. The monoisotopic (exact) mass is 324 g/mol. The van der Waals surface area contributed by atoms with Gasteiger partial charge in [-0.1, -0.05) is 6.07 Å². The minimum absolute atomic E-state index is 0.0652. The standard InChI is InChI=1S/C18H20N4O2/c1-2-22-9-8-20-17(22)16-14(6-10-24-16)21-18(23)13-4-3-12-5-7-19-15(12)11-13/h3-5,7-9,11,14,16,19H,2,6,10H2,1H3,(H,21,23)/t14-,16-/m0/s1. The zero-order valence-corrected chi connectivity index (χ0v) is 13.5. The SMILES string of the molecule is CCn1ccnc1[C@H]1OCC[C@@H]1NC(=O)c1ccc2cc[nH]c2c1. The van der Waals surface area contributed by atoms with Crippen molar-refractivity contribution in [2.45, 2.75) is 32.0 Å². The van der Waals surface area contributed by atoms with Gasteiger partial charge in [0, 0.05) is 42.8 Å². The number of rotatable bonds is 4. The maximum atomic E-state index is 12.6. The van der Waals surface area contributed by atoms with Crippen molar-refractivity contribution in [3.05, 3.63) is 54.2 Å². The third kappa shape index (κ3) is 2.59. The maximum Gasteiger partial charge on any atom is 0.251 e. The van der Waals surface area contributed by atoms with E-state index in [1.54, 1.807) is 6.20 Å². The molecule has 1 amide bonds. The molecule has 2 atom stereocenters. The summed E-state index contributed by atoms with van der Waals surface area (Å²) in [6.45, 7) is 3.53. The van der Waals surface area contributed by atoms with Gasteiger partial charge in [0.05, 0.1) is 6.04 Å². The summed E-state index contributed by atoms with van der Waals surface area (Å²) in [4.78, 5) is 20.2. The smallest absolute Gasteiger partial charge is 0.251 e. The fraction of sp³-hybridized carbons (Fsp3) is 0.333. The van der Waals surface area contributed by atoms with Gasteiger partial charge in [-0.25, -0.2) is 4.98 Å². The average Bonchev–Trinajstić information content (AvgIpc) is 3.33. The molecule has 1 aromatic carbocycles. The first-order chi connectivity index (χ1) is 11.8. The number of aromatic amines is 1. The molecule has 24 heavy (non-hydrogen) atoms. The van der Waals surface area contributed by atoms with Crippen LogP contribution in [0.25, 0.3) is 10.9 Å². The molecule has 2 N–H and O–H groups in total. The van der Waals surface area contributed by atoms with Crippen molar-refractivity contribution in [3.8, 4) is 0 Å². The summed E-state index contributed by atoms with van der Waals surface area (Å²) in [7, 11) is 0. The van der Waals surface area contributed by atoms with Gasteiger partial charge in [0.15, 0.2) is 0 Å². The largest absolute Gasteiger partial charge is 0.368 e. The number of aromatic nitrogens is 3. The predicted octanol–water partition coefficient (Wildman–Crippen LogP) is 2.64. The summed E-state index contributed by atoms with van der Waals surface area (Å²) in [6, 6.07) is 7.60. The molecule has 1 saturated heterocycles. The van der Waals surface area contributed by atoms with Gasteiger partial charge in [0.25, 0.3) is 5.91 Å². The van der Waals surface area contributed by atoms with E-state index in [4.69, 9.17) is 4.74 Å². The van der Waals surface area contributed by atoms with Crippen LogP contribution in [0.3, 0.4) is 0 Å². The Balaban J connectivity index is 1.54. The molecule has 0 saturated carbocycles. The first kappa shape index (κ1) is 15.0. The number of imidazole rings is 1. The molecule has 1 aliphatic heterocycles. The average molecular weight is 324 g/mol. The van der Waals surface area contributed by atoms with E-state index in [-0.39, 0.29) is 18.1 Å². The summed E-state index contributed by atoms with van der Waals surface area (Å²) in [5, 5.41) is 4.21. The molecule has 0 bridgehead atoms. The number of benzene rings is 1.